The molecule has 1 unspecified atom stereocenters. The second kappa shape index (κ2) is 7.26. The third kappa shape index (κ3) is 6.32. The van der Waals surface area contributed by atoms with Gasteiger partial charge in [-0.15, -0.1) is 11.6 Å². The van der Waals surface area contributed by atoms with Crippen molar-refractivity contribution in [2.45, 2.75) is 11.8 Å². The molecule has 0 saturated carbocycles. The summed E-state index contributed by atoms with van der Waals surface area (Å²) in [7, 11) is 1.35. The summed E-state index contributed by atoms with van der Waals surface area (Å²) in [6.07, 6.45) is 0.371. The molecule has 0 aliphatic rings. The first-order chi connectivity index (χ1) is 5.70. The normalized spacial score (nSPS) is 11.8. The molecule has 0 aromatic heterocycles. The fourth-order valence-electron chi connectivity index (χ4n) is 0.482. The Labute approximate surface area is 81.0 Å². The van der Waals surface area contributed by atoms with Crippen molar-refractivity contribution < 1.29 is 9.53 Å². The molecule has 5 heteroatoms. The van der Waals surface area contributed by atoms with Crippen molar-refractivity contribution in [3.8, 4) is 6.07 Å². The molecular formula is C7H10ClNO2S. The van der Waals surface area contributed by atoms with Gasteiger partial charge in [-0.1, -0.05) is 0 Å². The van der Waals surface area contributed by atoms with Crippen molar-refractivity contribution in [3.63, 3.8) is 0 Å². The maximum Gasteiger partial charge on any atom is 0.306 e. The number of nitriles is 1. The molecule has 0 saturated heterocycles. The lowest BCUT2D eigenvalue weighted by Crippen LogP contribution is -2.03. The van der Waals surface area contributed by atoms with E-state index in [1.54, 1.807) is 0 Å². The maximum atomic E-state index is 10.6. The monoisotopic (exact) mass is 207 g/mol. The van der Waals surface area contributed by atoms with E-state index in [-0.39, 0.29) is 5.97 Å². The van der Waals surface area contributed by atoms with Crippen LogP contribution in [0.2, 0.25) is 0 Å². The molecule has 0 N–H and O–H groups in total. The van der Waals surface area contributed by atoms with Gasteiger partial charge in [0.25, 0.3) is 0 Å². The number of halogens is 1. The standard InChI is InChI=1S/C7H10ClNO2S/c1-11-7(10)2-3-12-5-6(8)4-9/h6H,2-3,5H2,1H3. The molecule has 0 radical (unpaired) electrons. The SMILES string of the molecule is COC(=O)CCSCC(Cl)C#N. The molecule has 0 spiro atoms. The first-order valence-electron chi connectivity index (χ1n) is 3.39. The predicted molar refractivity (Wildman–Crippen MR) is 49.2 cm³/mol. The Morgan fingerprint density at radius 2 is 2.50 bits per heavy atom. The van der Waals surface area contributed by atoms with Gasteiger partial charge in [0.15, 0.2) is 0 Å². The average molecular weight is 208 g/mol. The number of ether oxygens (including phenoxy) is 1. The number of hydrogen-bond donors (Lipinski definition) is 0. The molecule has 0 aromatic carbocycles. The summed E-state index contributed by atoms with van der Waals surface area (Å²) in [4.78, 5) is 10.6. The molecular weight excluding hydrogens is 198 g/mol. The van der Waals surface area contributed by atoms with E-state index in [1.165, 1.54) is 18.9 Å². The zero-order valence-corrected chi connectivity index (χ0v) is 8.32. The highest BCUT2D eigenvalue weighted by Gasteiger charge is 2.03. The van der Waals surface area contributed by atoms with Gasteiger partial charge in [-0.3, -0.25) is 4.79 Å². The second-order valence-corrected chi connectivity index (χ2v) is 3.67. The van der Waals surface area contributed by atoms with Gasteiger partial charge in [0.1, 0.15) is 5.38 Å². The maximum absolute atomic E-state index is 10.6. The van der Waals surface area contributed by atoms with E-state index in [0.717, 1.165) is 0 Å². The zero-order valence-electron chi connectivity index (χ0n) is 6.75. The topological polar surface area (TPSA) is 50.1 Å². The van der Waals surface area contributed by atoms with Crippen LogP contribution >= 0.6 is 23.4 Å². The van der Waals surface area contributed by atoms with Crippen molar-refractivity contribution in [1.29, 1.82) is 5.26 Å². The van der Waals surface area contributed by atoms with Crippen LogP contribution in [0.3, 0.4) is 0 Å². The van der Waals surface area contributed by atoms with Crippen molar-refractivity contribution in [2.75, 3.05) is 18.6 Å². The Kier molecular flexibility index (Phi) is 7.02. The van der Waals surface area contributed by atoms with Crippen LogP contribution in [0.15, 0.2) is 0 Å². The lowest BCUT2D eigenvalue weighted by atomic mass is 10.5. The molecule has 0 aromatic rings. The van der Waals surface area contributed by atoms with Gasteiger partial charge in [0.2, 0.25) is 0 Å². The van der Waals surface area contributed by atoms with Crippen LogP contribution in [0.25, 0.3) is 0 Å². The Morgan fingerprint density at radius 3 is 3.00 bits per heavy atom. The Balaban J connectivity index is 3.23. The predicted octanol–water partition coefficient (Wildman–Crippen LogP) is 1.41. The number of carbonyl (C=O) groups is 1. The van der Waals surface area contributed by atoms with Crippen LogP contribution in [0.5, 0.6) is 0 Å². The molecule has 0 rings (SSSR count). The first-order valence-corrected chi connectivity index (χ1v) is 4.98. The number of methoxy groups -OCH3 is 1. The van der Waals surface area contributed by atoms with Gasteiger partial charge in [0, 0.05) is 11.5 Å². The third-order valence-corrected chi connectivity index (χ3v) is 2.58. The van der Waals surface area contributed by atoms with Gasteiger partial charge in [-0.05, 0) is 0 Å². The molecule has 0 heterocycles. The molecule has 0 aliphatic heterocycles. The number of hydrogen-bond acceptors (Lipinski definition) is 4. The molecule has 68 valence electrons. The minimum absolute atomic E-state index is 0.231. The minimum atomic E-state index is -0.465. The summed E-state index contributed by atoms with van der Waals surface area (Å²) in [6, 6.07) is 1.90. The Morgan fingerprint density at radius 1 is 1.83 bits per heavy atom. The van der Waals surface area contributed by atoms with E-state index in [2.05, 4.69) is 4.74 Å². The number of carbonyl (C=O) groups excluding carboxylic acids is 1. The fourth-order valence-corrected chi connectivity index (χ4v) is 1.51. The van der Waals surface area contributed by atoms with Crippen molar-refractivity contribution in [1.82, 2.24) is 0 Å². The third-order valence-electron chi connectivity index (χ3n) is 1.08. The van der Waals surface area contributed by atoms with Crippen molar-refractivity contribution in [2.24, 2.45) is 0 Å². The van der Waals surface area contributed by atoms with Crippen LogP contribution in [0.4, 0.5) is 0 Å². The van der Waals surface area contributed by atoms with Crippen molar-refractivity contribution in [3.05, 3.63) is 0 Å². The number of nitrogens with zero attached hydrogens (tertiary/aromatic N) is 1. The van der Waals surface area contributed by atoms with E-state index in [4.69, 9.17) is 16.9 Å². The summed E-state index contributed by atoms with van der Waals surface area (Å²) >= 11 is 6.99. The molecule has 1 atom stereocenters. The fraction of sp³-hybridized carbons (Fsp3) is 0.714. The van der Waals surface area contributed by atoms with Crippen LogP contribution in [0.1, 0.15) is 6.42 Å². The van der Waals surface area contributed by atoms with Crippen LogP contribution in [-0.2, 0) is 9.53 Å². The Bertz CT molecular complexity index is 181. The van der Waals surface area contributed by atoms with Gasteiger partial charge in [-0.25, -0.2) is 0 Å². The minimum Gasteiger partial charge on any atom is -0.469 e. The lowest BCUT2D eigenvalue weighted by molar-refractivity contribution is -0.140. The van der Waals surface area contributed by atoms with E-state index < -0.39 is 5.38 Å². The summed E-state index contributed by atoms with van der Waals surface area (Å²) in [5.74, 6) is 0.970. The van der Waals surface area contributed by atoms with Gasteiger partial charge in [-0.2, -0.15) is 17.0 Å². The highest BCUT2D eigenvalue weighted by molar-refractivity contribution is 7.99. The number of thioether (sulfide) groups is 1. The van der Waals surface area contributed by atoms with Gasteiger partial charge < -0.3 is 4.74 Å². The van der Waals surface area contributed by atoms with Crippen LogP contribution in [-0.4, -0.2) is 30.0 Å². The van der Waals surface area contributed by atoms with Gasteiger partial charge >= 0.3 is 5.97 Å². The molecule has 0 fully saturated rings. The van der Waals surface area contributed by atoms with Crippen LogP contribution < -0.4 is 0 Å². The summed E-state index contributed by atoms with van der Waals surface area (Å²) in [5.41, 5.74) is 0. The second-order valence-electron chi connectivity index (χ2n) is 2.00. The number of alkyl halides is 1. The number of rotatable bonds is 5. The quantitative estimate of drug-likeness (QED) is 0.389. The van der Waals surface area contributed by atoms with E-state index >= 15 is 0 Å². The average Bonchev–Trinajstić information content (AvgIpc) is 2.11. The van der Waals surface area contributed by atoms with Gasteiger partial charge in [0.05, 0.1) is 19.6 Å². The van der Waals surface area contributed by atoms with E-state index in [1.807, 2.05) is 6.07 Å². The first kappa shape index (κ1) is 11.6. The highest BCUT2D eigenvalue weighted by Crippen LogP contribution is 2.08. The van der Waals surface area contributed by atoms with E-state index in [9.17, 15) is 4.79 Å². The zero-order chi connectivity index (χ0) is 9.40. The summed E-state index contributed by atoms with van der Waals surface area (Å²) in [5, 5.41) is 7.84. The molecule has 3 nitrogen and oxygen atoms in total. The smallest absolute Gasteiger partial charge is 0.306 e. The summed E-state index contributed by atoms with van der Waals surface area (Å²) in [6.45, 7) is 0. The highest BCUT2D eigenvalue weighted by atomic mass is 35.5. The Hall–Kier alpha value is -0.400. The largest absolute Gasteiger partial charge is 0.469 e. The molecule has 0 bridgehead atoms. The molecule has 0 amide bonds. The number of esters is 1. The van der Waals surface area contributed by atoms with Crippen molar-refractivity contribution >= 4 is 29.3 Å². The molecule has 0 aliphatic carbocycles. The van der Waals surface area contributed by atoms with Crippen LogP contribution in [0, 0.1) is 11.3 Å². The lowest BCUT2D eigenvalue weighted by Gasteiger charge is -1.99. The summed E-state index contributed by atoms with van der Waals surface area (Å²) < 4.78 is 4.43. The molecule has 12 heavy (non-hydrogen) atoms. The van der Waals surface area contributed by atoms with E-state index in [0.29, 0.717) is 17.9 Å².